The van der Waals surface area contributed by atoms with Crippen LogP contribution in [-0.4, -0.2) is 47.2 Å². The van der Waals surface area contributed by atoms with Gasteiger partial charge in [-0.05, 0) is 45.4 Å². The van der Waals surface area contributed by atoms with Crippen molar-refractivity contribution in [3.63, 3.8) is 0 Å². The Morgan fingerprint density at radius 1 is 0.960 bits per heavy atom. The molecule has 25 heavy (non-hydrogen) atoms. The molecule has 0 aliphatic carbocycles. The maximum Gasteiger partial charge on any atom is 0.408 e. The molecule has 0 heterocycles. The lowest BCUT2D eigenvalue weighted by atomic mass is 9.99. The normalized spacial score (nSPS) is 14.3. The molecular formula is C18H34N2O5. The Bertz CT molecular complexity index is 455. The quantitative estimate of drug-likeness (QED) is 0.554. The third-order valence-electron chi connectivity index (χ3n) is 3.31. The fraction of sp³-hybridized carbons (Fsp3) is 0.833. The number of hydrogen-bond acceptors (Lipinski definition) is 5. The van der Waals surface area contributed by atoms with Gasteiger partial charge in [-0.15, -0.1) is 0 Å². The van der Waals surface area contributed by atoms with Crippen LogP contribution in [-0.2, 0) is 14.3 Å². The summed E-state index contributed by atoms with van der Waals surface area (Å²) in [5.74, 6) is -0.860. The Balaban J connectivity index is 4.82. The number of carboxylic acids is 1. The number of ether oxygens (including phenoxy) is 1. The van der Waals surface area contributed by atoms with Gasteiger partial charge in [-0.25, -0.2) is 4.79 Å². The number of amides is 1. The van der Waals surface area contributed by atoms with Crippen molar-refractivity contribution < 1.29 is 24.2 Å². The Hall–Kier alpha value is -1.63. The summed E-state index contributed by atoms with van der Waals surface area (Å²) >= 11 is 0. The molecule has 0 rings (SSSR count). The minimum atomic E-state index is -0.984. The van der Waals surface area contributed by atoms with Gasteiger partial charge in [0.1, 0.15) is 11.6 Å². The highest BCUT2D eigenvalue weighted by Gasteiger charge is 2.26. The van der Waals surface area contributed by atoms with Gasteiger partial charge in [-0.1, -0.05) is 27.7 Å². The van der Waals surface area contributed by atoms with Crippen LogP contribution in [0, 0.1) is 11.8 Å². The van der Waals surface area contributed by atoms with E-state index in [0.717, 1.165) is 0 Å². The first kappa shape index (κ1) is 23.4. The van der Waals surface area contributed by atoms with E-state index in [0.29, 0.717) is 12.8 Å². The van der Waals surface area contributed by atoms with Gasteiger partial charge < -0.3 is 15.2 Å². The highest BCUT2D eigenvalue weighted by Crippen LogP contribution is 2.10. The van der Waals surface area contributed by atoms with Gasteiger partial charge in [-0.3, -0.25) is 14.9 Å². The molecule has 0 aliphatic rings. The molecule has 0 saturated carbocycles. The van der Waals surface area contributed by atoms with E-state index < -0.39 is 29.7 Å². The summed E-state index contributed by atoms with van der Waals surface area (Å²) < 4.78 is 5.20. The van der Waals surface area contributed by atoms with Gasteiger partial charge in [-0.2, -0.15) is 0 Å². The van der Waals surface area contributed by atoms with Crippen LogP contribution < -0.4 is 10.6 Å². The van der Waals surface area contributed by atoms with Gasteiger partial charge in [0.05, 0.1) is 12.6 Å². The first-order chi connectivity index (χ1) is 11.3. The van der Waals surface area contributed by atoms with Crippen LogP contribution in [0.1, 0.15) is 61.3 Å². The van der Waals surface area contributed by atoms with E-state index in [4.69, 9.17) is 4.74 Å². The van der Waals surface area contributed by atoms with Crippen LogP contribution in [0.25, 0.3) is 0 Å². The van der Waals surface area contributed by atoms with Crippen molar-refractivity contribution in [2.75, 3.05) is 6.54 Å². The number of alkyl carbamates (subject to hydrolysis) is 1. The zero-order valence-corrected chi connectivity index (χ0v) is 16.5. The Morgan fingerprint density at radius 3 is 1.84 bits per heavy atom. The number of hydrogen-bond donors (Lipinski definition) is 3. The third-order valence-corrected chi connectivity index (χ3v) is 3.31. The van der Waals surface area contributed by atoms with Crippen molar-refractivity contribution in [1.82, 2.24) is 10.6 Å². The molecular weight excluding hydrogens is 324 g/mol. The van der Waals surface area contributed by atoms with E-state index in [1.165, 1.54) is 0 Å². The van der Waals surface area contributed by atoms with Crippen molar-refractivity contribution in [2.24, 2.45) is 11.8 Å². The number of nitrogens with one attached hydrogen (secondary N) is 2. The molecule has 0 unspecified atom stereocenters. The smallest absolute Gasteiger partial charge is 0.408 e. The largest absolute Gasteiger partial charge is 0.480 e. The topological polar surface area (TPSA) is 105 Å². The van der Waals surface area contributed by atoms with E-state index in [1.807, 2.05) is 27.7 Å². The summed E-state index contributed by atoms with van der Waals surface area (Å²) in [6, 6.07) is -1.50. The molecule has 0 aliphatic heterocycles. The van der Waals surface area contributed by atoms with Gasteiger partial charge in [0.25, 0.3) is 0 Å². The molecule has 0 fully saturated rings. The van der Waals surface area contributed by atoms with Crippen LogP contribution in [0.3, 0.4) is 0 Å². The van der Waals surface area contributed by atoms with Gasteiger partial charge in [0.2, 0.25) is 0 Å². The SMILES string of the molecule is CC(C)C[C@H](NCC(=O)[C@H](CC(C)C)NC(=O)OC(C)(C)C)C(=O)O. The Kier molecular flexibility index (Phi) is 9.70. The average molecular weight is 358 g/mol. The maximum absolute atomic E-state index is 12.5. The van der Waals surface area contributed by atoms with Crippen LogP contribution >= 0.6 is 0 Å². The zero-order chi connectivity index (χ0) is 19.8. The van der Waals surface area contributed by atoms with E-state index >= 15 is 0 Å². The molecule has 3 N–H and O–H groups in total. The third kappa shape index (κ3) is 11.5. The fourth-order valence-electron chi connectivity index (χ4n) is 2.28. The van der Waals surface area contributed by atoms with Crippen molar-refractivity contribution in [2.45, 2.75) is 79.0 Å². The monoisotopic (exact) mass is 358 g/mol. The Morgan fingerprint density at radius 2 is 1.44 bits per heavy atom. The molecule has 0 saturated heterocycles. The van der Waals surface area contributed by atoms with E-state index in [9.17, 15) is 19.5 Å². The van der Waals surface area contributed by atoms with Crippen molar-refractivity contribution in [1.29, 1.82) is 0 Å². The zero-order valence-electron chi connectivity index (χ0n) is 16.5. The first-order valence-electron chi connectivity index (χ1n) is 8.80. The standard InChI is InChI=1S/C18H34N2O5/c1-11(2)8-13(20-17(24)25-18(5,6)7)15(21)10-19-14(16(22)23)9-12(3)4/h11-14,19H,8-10H2,1-7H3,(H,20,24)(H,22,23)/t13-,14-/m0/s1. The molecule has 0 aromatic rings. The summed E-state index contributed by atoms with van der Waals surface area (Å²) in [7, 11) is 0. The second-order valence-electron chi connectivity index (χ2n) is 8.20. The number of Topliss-reactive ketones (excluding diaryl/α,β-unsaturated/α-hetero) is 1. The predicted molar refractivity (Wildman–Crippen MR) is 96.5 cm³/mol. The number of rotatable bonds is 10. The number of ketones is 1. The molecule has 0 bridgehead atoms. The van der Waals surface area contributed by atoms with Crippen molar-refractivity contribution in [3.05, 3.63) is 0 Å². The molecule has 0 aromatic heterocycles. The molecule has 0 spiro atoms. The Labute approximate surface area is 150 Å². The lowest BCUT2D eigenvalue weighted by molar-refractivity contribution is -0.140. The molecule has 0 aromatic carbocycles. The summed E-state index contributed by atoms with van der Waals surface area (Å²) in [6.45, 7) is 12.9. The minimum Gasteiger partial charge on any atom is -0.480 e. The molecule has 0 radical (unpaired) electrons. The van der Waals surface area contributed by atoms with Crippen LogP contribution in [0.2, 0.25) is 0 Å². The number of carbonyl (C=O) groups excluding carboxylic acids is 2. The molecule has 146 valence electrons. The maximum atomic E-state index is 12.5. The second-order valence-corrected chi connectivity index (χ2v) is 8.20. The summed E-state index contributed by atoms with van der Waals surface area (Å²) in [5.41, 5.74) is -0.653. The van der Waals surface area contributed by atoms with Gasteiger partial charge in [0.15, 0.2) is 5.78 Å². The van der Waals surface area contributed by atoms with Crippen LogP contribution in [0.5, 0.6) is 0 Å². The number of aliphatic carboxylic acids is 1. The number of carbonyl (C=O) groups is 3. The first-order valence-corrected chi connectivity index (χ1v) is 8.80. The van der Waals surface area contributed by atoms with E-state index in [-0.39, 0.29) is 24.2 Å². The highest BCUT2D eigenvalue weighted by molar-refractivity contribution is 5.89. The average Bonchev–Trinajstić information content (AvgIpc) is 2.38. The van der Waals surface area contributed by atoms with E-state index in [2.05, 4.69) is 10.6 Å². The summed E-state index contributed by atoms with van der Waals surface area (Å²) in [6.07, 6.45) is 0.238. The highest BCUT2D eigenvalue weighted by atomic mass is 16.6. The molecule has 2 atom stereocenters. The van der Waals surface area contributed by atoms with Crippen molar-refractivity contribution >= 4 is 17.8 Å². The van der Waals surface area contributed by atoms with E-state index in [1.54, 1.807) is 20.8 Å². The fourth-order valence-corrected chi connectivity index (χ4v) is 2.28. The van der Waals surface area contributed by atoms with Gasteiger partial charge >= 0.3 is 12.1 Å². The predicted octanol–water partition coefficient (Wildman–Crippen LogP) is 2.58. The molecule has 7 nitrogen and oxygen atoms in total. The summed E-state index contributed by atoms with van der Waals surface area (Å²) in [4.78, 5) is 35.7. The van der Waals surface area contributed by atoms with Crippen molar-refractivity contribution in [3.8, 4) is 0 Å². The molecule has 7 heteroatoms. The summed E-state index contributed by atoms with van der Waals surface area (Å²) in [5, 5.41) is 14.6. The minimum absolute atomic E-state index is 0.114. The van der Waals surface area contributed by atoms with Gasteiger partial charge in [0, 0.05) is 0 Å². The second kappa shape index (κ2) is 10.4. The lowest BCUT2D eigenvalue weighted by Crippen LogP contribution is -2.49. The molecule has 1 amide bonds. The number of carboxylic acid groups (broad SMARTS) is 1. The van der Waals surface area contributed by atoms with Crippen LogP contribution in [0.15, 0.2) is 0 Å². The van der Waals surface area contributed by atoms with Crippen LogP contribution in [0.4, 0.5) is 4.79 Å². The lowest BCUT2D eigenvalue weighted by Gasteiger charge is -2.24.